The first kappa shape index (κ1) is 13.2. The molecule has 2 rings (SSSR count). The van der Waals surface area contributed by atoms with Crippen molar-refractivity contribution in [3.63, 3.8) is 0 Å². The Hall–Kier alpha value is -2.23. The van der Waals surface area contributed by atoms with Gasteiger partial charge in [-0.25, -0.2) is 8.78 Å². The van der Waals surface area contributed by atoms with Gasteiger partial charge in [0.05, 0.1) is 12.7 Å². The van der Waals surface area contributed by atoms with Crippen molar-refractivity contribution in [3.05, 3.63) is 65.2 Å². The molecule has 2 nitrogen and oxygen atoms in total. The zero-order chi connectivity index (χ0) is 13.8. The quantitative estimate of drug-likeness (QED) is 0.789. The number of Topliss-reactive ketones (excluding diaryl/α,β-unsaturated/α-hetero) is 1. The van der Waals surface area contributed by atoms with Gasteiger partial charge in [-0.1, -0.05) is 18.2 Å². The Balaban J connectivity index is 2.26. The van der Waals surface area contributed by atoms with Crippen LogP contribution in [-0.2, 0) is 6.42 Å². The molecule has 2 aromatic rings. The molecule has 0 bridgehead atoms. The lowest BCUT2D eigenvalue weighted by Gasteiger charge is -2.08. The summed E-state index contributed by atoms with van der Waals surface area (Å²) in [6.45, 7) is 0. The van der Waals surface area contributed by atoms with E-state index in [9.17, 15) is 13.6 Å². The fourth-order valence-electron chi connectivity index (χ4n) is 1.83. The lowest BCUT2D eigenvalue weighted by molar-refractivity contribution is 0.0988. The molecule has 19 heavy (non-hydrogen) atoms. The minimum atomic E-state index is -0.847. The summed E-state index contributed by atoms with van der Waals surface area (Å²) in [6.07, 6.45) is 0.00651. The number of benzene rings is 2. The number of ketones is 1. The second-order valence-corrected chi connectivity index (χ2v) is 4.04. The van der Waals surface area contributed by atoms with Gasteiger partial charge in [0.2, 0.25) is 0 Å². The number of methoxy groups -OCH3 is 1. The van der Waals surface area contributed by atoms with E-state index in [0.717, 1.165) is 12.1 Å². The molecule has 0 aliphatic carbocycles. The second kappa shape index (κ2) is 5.61. The van der Waals surface area contributed by atoms with Crippen molar-refractivity contribution in [2.45, 2.75) is 6.42 Å². The Morgan fingerprint density at radius 1 is 1.16 bits per heavy atom. The summed E-state index contributed by atoms with van der Waals surface area (Å²) in [5, 5.41) is 0. The first-order chi connectivity index (χ1) is 9.11. The third-order valence-corrected chi connectivity index (χ3v) is 2.78. The molecular formula is C15H12F2O2. The summed E-state index contributed by atoms with van der Waals surface area (Å²) in [7, 11) is 1.50. The first-order valence-corrected chi connectivity index (χ1v) is 5.72. The molecule has 98 valence electrons. The van der Waals surface area contributed by atoms with Crippen LogP contribution >= 0.6 is 0 Å². The summed E-state index contributed by atoms with van der Waals surface area (Å²) in [6, 6.07) is 9.94. The van der Waals surface area contributed by atoms with Gasteiger partial charge >= 0.3 is 0 Å². The third kappa shape index (κ3) is 2.96. The van der Waals surface area contributed by atoms with Crippen LogP contribution in [0.1, 0.15) is 15.9 Å². The number of para-hydroxylation sites is 1. The van der Waals surface area contributed by atoms with Crippen LogP contribution in [0, 0.1) is 11.6 Å². The number of rotatable bonds is 4. The predicted octanol–water partition coefficient (Wildman–Crippen LogP) is 3.40. The number of halogens is 2. The molecule has 0 spiro atoms. The maximum absolute atomic E-state index is 13.5. The lowest BCUT2D eigenvalue weighted by atomic mass is 10.0. The number of carbonyl (C=O) groups excluding carboxylic acids is 1. The van der Waals surface area contributed by atoms with Crippen molar-refractivity contribution in [1.82, 2.24) is 0 Å². The fourth-order valence-corrected chi connectivity index (χ4v) is 1.83. The van der Waals surface area contributed by atoms with Crippen LogP contribution in [-0.4, -0.2) is 12.9 Å². The molecule has 0 radical (unpaired) electrons. The Labute approximate surface area is 109 Å². The first-order valence-electron chi connectivity index (χ1n) is 5.72. The molecule has 2 aromatic carbocycles. The van der Waals surface area contributed by atoms with E-state index in [0.29, 0.717) is 17.4 Å². The van der Waals surface area contributed by atoms with E-state index in [2.05, 4.69) is 0 Å². The summed E-state index contributed by atoms with van der Waals surface area (Å²) < 4.78 is 31.4. The van der Waals surface area contributed by atoms with Gasteiger partial charge in [0.15, 0.2) is 5.78 Å². The summed E-state index contributed by atoms with van der Waals surface area (Å²) in [5.74, 6) is -1.40. The van der Waals surface area contributed by atoms with E-state index in [1.807, 2.05) is 0 Å². The van der Waals surface area contributed by atoms with Crippen molar-refractivity contribution >= 4 is 5.78 Å². The van der Waals surface area contributed by atoms with Gasteiger partial charge in [-0.3, -0.25) is 4.79 Å². The predicted molar refractivity (Wildman–Crippen MR) is 67.4 cm³/mol. The number of hydrogen-bond acceptors (Lipinski definition) is 2. The number of carbonyl (C=O) groups is 1. The van der Waals surface area contributed by atoms with Crippen LogP contribution in [0.25, 0.3) is 0 Å². The van der Waals surface area contributed by atoms with E-state index in [4.69, 9.17) is 4.74 Å². The number of ether oxygens (including phenoxy) is 1. The zero-order valence-corrected chi connectivity index (χ0v) is 10.3. The van der Waals surface area contributed by atoms with Gasteiger partial charge in [0.1, 0.15) is 17.4 Å². The molecule has 0 N–H and O–H groups in total. The van der Waals surface area contributed by atoms with E-state index in [1.165, 1.54) is 7.11 Å². The molecule has 0 saturated heterocycles. The molecule has 0 aliphatic heterocycles. The van der Waals surface area contributed by atoms with Crippen molar-refractivity contribution in [1.29, 1.82) is 0 Å². The highest BCUT2D eigenvalue weighted by atomic mass is 19.1. The van der Waals surface area contributed by atoms with Gasteiger partial charge in [0.25, 0.3) is 0 Å². The number of hydrogen-bond donors (Lipinski definition) is 0. The highest BCUT2D eigenvalue weighted by Gasteiger charge is 2.14. The van der Waals surface area contributed by atoms with Crippen LogP contribution in [0.2, 0.25) is 0 Å². The smallest absolute Gasteiger partial charge is 0.170 e. The van der Waals surface area contributed by atoms with Crippen molar-refractivity contribution in [3.8, 4) is 5.75 Å². The summed E-state index contributed by atoms with van der Waals surface area (Å²) in [5.41, 5.74) is 0.547. The maximum Gasteiger partial charge on any atom is 0.170 e. The molecule has 0 unspecified atom stereocenters. The van der Waals surface area contributed by atoms with Crippen LogP contribution in [0.4, 0.5) is 8.78 Å². The standard InChI is InChI=1S/C15H12F2O2/c1-19-15-5-3-2-4-10(15)8-14(18)12-7-6-11(16)9-13(12)17/h2-7,9H,8H2,1H3. The molecule has 0 atom stereocenters. The maximum atomic E-state index is 13.5. The average Bonchev–Trinajstić information content (AvgIpc) is 2.39. The highest BCUT2D eigenvalue weighted by molar-refractivity contribution is 5.98. The average molecular weight is 262 g/mol. The van der Waals surface area contributed by atoms with Gasteiger partial charge in [-0.15, -0.1) is 0 Å². The Morgan fingerprint density at radius 3 is 2.58 bits per heavy atom. The summed E-state index contributed by atoms with van der Waals surface area (Å²) in [4.78, 5) is 12.0. The van der Waals surface area contributed by atoms with E-state index in [-0.39, 0.29) is 12.0 Å². The molecule has 4 heteroatoms. The minimum absolute atomic E-state index is 0.00651. The largest absolute Gasteiger partial charge is 0.496 e. The van der Waals surface area contributed by atoms with Crippen LogP contribution < -0.4 is 4.74 Å². The van der Waals surface area contributed by atoms with E-state index >= 15 is 0 Å². The van der Waals surface area contributed by atoms with Crippen LogP contribution in [0.5, 0.6) is 5.75 Å². The Morgan fingerprint density at radius 2 is 1.89 bits per heavy atom. The van der Waals surface area contributed by atoms with E-state index < -0.39 is 17.4 Å². The second-order valence-electron chi connectivity index (χ2n) is 4.04. The third-order valence-electron chi connectivity index (χ3n) is 2.78. The van der Waals surface area contributed by atoms with Gasteiger partial charge < -0.3 is 4.74 Å². The molecule has 0 aliphatic rings. The van der Waals surface area contributed by atoms with Gasteiger partial charge in [0, 0.05) is 18.1 Å². The Bertz CT molecular complexity index is 609. The Kier molecular flexibility index (Phi) is 3.90. The molecule has 0 saturated carbocycles. The molecule has 0 fully saturated rings. The lowest BCUT2D eigenvalue weighted by Crippen LogP contribution is -2.07. The van der Waals surface area contributed by atoms with Crippen molar-refractivity contribution in [2.24, 2.45) is 0 Å². The highest BCUT2D eigenvalue weighted by Crippen LogP contribution is 2.20. The molecular weight excluding hydrogens is 250 g/mol. The topological polar surface area (TPSA) is 26.3 Å². The molecule has 0 aromatic heterocycles. The van der Waals surface area contributed by atoms with Crippen molar-refractivity contribution in [2.75, 3.05) is 7.11 Å². The summed E-state index contributed by atoms with van der Waals surface area (Å²) >= 11 is 0. The molecule has 0 heterocycles. The van der Waals surface area contributed by atoms with Gasteiger partial charge in [-0.05, 0) is 18.2 Å². The van der Waals surface area contributed by atoms with Crippen LogP contribution in [0.15, 0.2) is 42.5 Å². The zero-order valence-electron chi connectivity index (χ0n) is 10.3. The normalized spacial score (nSPS) is 10.3. The monoisotopic (exact) mass is 262 g/mol. The van der Waals surface area contributed by atoms with E-state index in [1.54, 1.807) is 24.3 Å². The fraction of sp³-hybridized carbons (Fsp3) is 0.133. The van der Waals surface area contributed by atoms with Crippen molar-refractivity contribution < 1.29 is 18.3 Å². The minimum Gasteiger partial charge on any atom is -0.496 e. The van der Waals surface area contributed by atoms with Crippen LogP contribution in [0.3, 0.4) is 0 Å². The molecule has 0 amide bonds. The van der Waals surface area contributed by atoms with Gasteiger partial charge in [-0.2, -0.15) is 0 Å². The SMILES string of the molecule is COc1ccccc1CC(=O)c1ccc(F)cc1F.